The van der Waals surface area contributed by atoms with Gasteiger partial charge in [-0.3, -0.25) is 4.90 Å². The molecule has 1 saturated carbocycles. The molecule has 4 rings (SSSR count). The van der Waals surface area contributed by atoms with E-state index in [2.05, 4.69) is 24.0 Å². The van der Waals surface area contributed by atoms with Gasteiger partial charge in [-0.05, 0) is 50.2 Å². The third kappa shape index (κ3) is 3.98. The van der Waals surface area contributed by atoms with Crippen LogP contribution in [0.5, 0.6) is 0 Å². The van der Waals surface area contributed by atoms with Gasteiger partial charge >= 0.3 is 0 Å². The van der Waals surface area contributed by atoms with Crippen molar-refractivity contribution in [3.8, 4) is 0 Å². The summed E-state index contributed by atoms with van der Waals surface area (Å²) in [4.78, 5) is 2.49. The van der Waals surface area contributed by atoms with E-state index in [1.54, 1.807) is 0 Å². The predicted octanol–water partition coefficient (Wildman–Crippen LogP) is 3.56. The molecule has 1 aromatic rings. The van der Waals surface area contributed by atoms with Gasteiger partial charge in [0.2, 0.25) is 0 Å². The van der Waals surface area contributed by atoms with Crippen LogP contribution in [0.2, 0.25) is 0 Å². The minimum Gasteiger partial charge on any atom is -0.464 e. The average Bonchev–Trinajstić information content (AvgIpc) is 2.99. The van der Waals surface area contributed by atoms with Gasteiger partial charge in [0.25, 0.3) is 0 Å². The van der Waals surface area contributed by atoms with E-state index >= 15 is 0 Å². The Morgan fingerprint density at radius 2 is 2.04 bits per heavy atom. The highest BCUT2D eigenvalue weighted by atomic mass is 16.5. The zero-order valence-electron chi connectivity index (χ0n) is 14.2. The van der Waals surface area contributed by atoms with Gasteiger partial charge in [-0.1, -0.05) is 6.92 Å². The summed E-state index contributed by atoms with van der Waals surface area (Å²) in [5, 5.41) is 0. The molecule has 3 fully saturated rings. The van der Waals surface area contributed by atoms with Crippen molar-refractivity contribution in [2.45, 2.75) is 63.7 Å². The van der Waals surface area contributed by atoms with Crippen molar-refractivity contribution in [3.05, 3.63) is 23.7 Å². The fourth-order valence-corrected chi connectivity index (χ4v) is 3.87. The third-order valence-corrected chi connectivity index (χ3v) is 5.61. The maximum atomic E-state index is 6.05. The zero-order chi connectivity index (χ0) is 15.6. The summed E-state index contributed by atoms with van der Waals surface area (Å²) in [5.41, 5.74) is 0. The van der Waals surface area contributed by atoms with E-state index in [-0.39, 0.29) is 0 Å². The highest BCUT2D eigenvalue weighted by Crippen LogP contribution is 2.47. The maximum absolute atomic E-state index is 6.05. The standard InChI is InChI=1S/C19H29NO3/c1-14-11-18(14)19-5-4-16(23-19)12-20-8-6-15(7-9-20)22-13-17-3-2-10-21-17/h4-5,14-15,17-18H,2-3,6-13H2,1H3/t14-,17+,18-/m1/s1. The normalized spacial score (nSPS) is 32.5. The van der Waals surface area contributed by atoms with Gasteiger partial charge in [0.05, 0.1) is 25.4 Å². The second kappa shape index (κ2) is 6.96. The molecule has 23 heavy (non-hydrogen) atoms. The first kappa shape index (κ1) is 15.7. The lowest BCUT2D eigenvalue weighted by molar-refractivity contribution is -0.0431. The van der Waals surface area contributed by atoms with E-state index < -0.39 is 0 Å². The van der Waals surface area contributed by atoms with Crippen LogP contribution in [0.4, 0.5) is 0 Å². The molecule has 0 amide bonds. The first-order valence-corrected chi connectivity index (χ1v) is 9.32. The van der Waals surface area contributed by atoms with E-state index in [0.717, 1.165) is 57.4 Å². The van der Waals surface area contributed by atoms with Gasteiger partial charge in [0.15, 0.2) is 0 Å². The van der Waals surface area contributed by atoms with Crippen molar-refractivity contribution in [1.82, 2.24) is 4.90 Å². The fraction of sp³-hybridized carbons (Fsp3) is 0.789. The van der Waals surface area contributed by atoms with Crippen molar-refractivity contribution in [3.63, 3.8) is 0 Å². The molecule has 3 atom stereocenters. The van der Waals surface area contributed by atoms with E-state index in [1.807, 2.05) is 0 Å². The van der Waals surface area contributed by atoms with Gasteiger partial charge in [0, 0.05) is 25.6 Å². The lowest BCUT2D eigenvalue weighted by Crippen LogP contribution is -2.37. The Kier molecular flexibility index (Phi) is 4.74. The predicted molar refractivity (Wildman–Crippen MR) is 88.5 cm³/mol. The van der Waals surface area contributed by atoms with Crippen LogP contribution in [-0.2, 0) is 16.0 Å². The first-order chi connectivity index (χ1) is 11.3. The van der Waals surface area contributed by atoms with Gasteiger partial charge in [0.1, 0.15) is 11.5 Å². The molecular weight excluding hydrogens is 290 g/mol. The highest BCUT2D eigenvalue weighted by molar-refractivity contribution is 5.17. The molecule has 4 nitrogen and oxygen atoms in total. The van der Waals surface area contributed by atoms with Gasteiger partial charge in [-0.2, -0.15) is 0 Å². The second-order valence-corrected chi connectivity index (χ2v) is 7.57. The highest BCUT2D eigenvalue weighted by Gasteiger charge is 2.36. The number of ether oxygens (including phenoxy) is 2. The van der Waals surface area contributed by atoms with Crippen molar-refractivity contribution >= 4 is 0 Å². The van der Waals surface area contributed by atoms with Crippen molar-refractivity contribution in [2.75, 3.05) is 26.3 Å². The SMILES string of the molecule is C[C@@H]1C[C@H]1c1ccc(CN2CCC(OC[C@@H]3CCCO3)CC2)o1. The molecule has 3 aliphatic rings. The number of hydrogen-bond donors (Lipinski definition) is 0. The Hall–Kier alpha value is -0.840. The molecule has 1 aliphatic carbocycles. The van der Waals surface area contributed by atoms with Crippen LogP contribution in [-0.4, -0.2) is 43.4 Å². The Balaban J connectivity index is 1.18. The van der Waals surface area contributed by atoms with Crippen LogP contribution >= 0.6 is 0 Å². The number of rotatable bonds is 6. The summed E-state index contributed by atoms with van der Waals surface area (Å²) in [6.45, 7) is 7.15. The molecule has 1 aromatic heterocycles. The van der Waals surface area contributed by atoms with E-state index in [1.165, 1.54) is 25.0 Å². The number of likely N-dealkylation sites (tertiary alicyclic amines) is 1. The molecular formula is C19H29NO3. The Morgan fingerprint density at radius 3 is 2.74 bits per heavy atom. The van der Waals surface area contributed by atoms with Gasteiger partial charge in [-0.25, -0.2) is 0 Å². The van der Waals surface area contributed by atoms with E-state index in [9.17, 15) is 0 Å². The van der Waals surface area contributed by atoms with Crippen LogP contribution in [0.25, 0.3) is 0 Å². The lowest BCUT2D eigenvalue weighted by Gasteiger charge is -2.31. The number of furan rings is 1. The summed E-state index contributed by atoms with van der Waals surface area (Å²) in [5.74, 6) is 3.81. The Labute approximate surface area is 139 Å². The van der Waals surface area contributed by atoms with Crippen molar-refractivity contribution < 1.29 is 13.9 Å². The molecule has 0 radical (unpaired) electrons. The molecule has 0 aromatic carbocycles. The summed E-state index contributed by atoms with van der Waals surface area (Å²) in [6.07, 6.45) is 6.66. The molecule has 128 valence electrons. The molecule has 3 heterocycles. The van der Waals surface area contributed by atoms with E-state index in [4.69, 9.17) is 13.9 Å². The Bertz CT molecular complexity index is 500. The lowest BCUT2D eigenvalue weighted by atomic mass is 10.1. The average molecular weight is 319 g/mol. The van der Waals surface area contributed by atoms with E-state index in [0.29, 0.717) is 18.1 Å². The molecule has 0 unspecified atom stereocenters. The summed E-state index contributed by atoms with van der Waals surface area (Å²) in [7, 11) is 0. The minimum atomic E-state index is 0.347. The molecule has 0 spiro atoms. The third-order valence-electron chi connectivity index (χ3n) is 5.61. The van der Waals surface area contributed by atoms with Crippen LogP contribution < -0.4 is 0 Å². The molecule has 2 saturated heterocycles. The smallest absolute Gasteiger partial charge is 0.118 e. The van der Waals surface area contributed by atoms with Crippen LogP contribution in [0.15, 0.2) is 16.5 Å². The molecule has 0 bridgehead atoms. The fourth-order valence-electron chi connectivity index (χ4n) is 3.87. The number of hydrogen-bond acceptors (Lipinski definition) is 4. The summed E-state index contributed by atoms with van der Waals surface area (Å²) < 4.78 is 17.7. The molecule has 0 N–H and O–H groups in total. The number of nitrogens with zero attached hydrogens (tertiary/aromatic N) is 1. The van der Waals surface area contributed by atoms with Crippen LogP contribution in [0.3, 0.4) is 0 Å². The van der Waals surface area contributed by atoms with Crippen molar-refractivity contribution in [2.24, 2.45) is 5.92 Å². The largest absolute Gasteiger partial charge is 0.464 e. The second-order valence-electron chi connectivity index (χ2n) is 7.57. The Morgan fingerprint density at radius 1 is 1.22 bits per heavy atom. The maximum Gasteiger partial charge on any atom is 0.118 e. The quantitative estimate of drug-likeness (QED) is 0.803. The first-order valence-electron chi connectivity index (χ1n) is 9.32. The zero-order valence-corrected chi connectivity index (χ0v) is 14.2. The topological polar surface area (TPSA) is 34.8 Å². The van der Waals surface area contributed by atoms with Crippen LogP contribution in [0.1, 0.15) is 56.5 Å². The molecule has 2 aliphatic heterocycles. The van der Waals surface area contributed by atoms with Gasteiger partial charge < -0.3 is 13.9 Å². The summed E-state index contributed by atoms with van der Waals surface area (Å²) >= 11 is 0. The minimum absolute atomic E-state index is 0.347. The molecule has 4 heteroatoms. The summed E-state index contributed by atoms with van der Waals surface area (Å²) in [6, 6.07) is 4.35. The van der Waals surface area contributed by atoms with Crippen molar-refractivity contribution in [1.29, 1.82) is 0 Å². The van der Waals surface area contributed by atoms with Crippen LogP contribution in [0, 0.1) is 5.92 Å². The monoisotopic (exact) mass is 319 g/mol. The van der Waals surface area contributed by atoms with Gasteiger partial charge in [-0.15, -0.1) is 0 Å². The number of piperidine rings is 1.